The number of nitrogens with one attached hydrogen (secondary N) is 1. The van der Waals surface area contributed by atoms with E-state index in [1.807, 2.05) is 42.5 Å². The summed E-state index contributed by atoms with van der Waals surface area (Å²) in [6.45, 7) is 3.71. The van der Waals surface area contributed by atoms with Gasteiger partial charge in [0.1, 0.15) is 0 Å². The molecule has 0 aromatic heterocycles. The Morgan fingerprint density at radius 1 is 1.10 bits per heavy atom. The second-order valence-corrected chi connectivity index (χ2v) is 4.78. The molecule has 0 aliphatic heterocycles. The number of carbonyl (C=O) groups is 2. The average Bonchev–Trinajstić information content (AvgIpc) is 2.44. The van der Waals surface area contributed by atoms with E-state index in [0.717, 1.165) is 16.3 Å². The molecule has 0 aliphatic carbocycles. The van der Waals surface area contributed by atoms with Crippen molar-refractivity contribution >= 4 is 22.6 Å². The standard InChI is InChI=1S/C16H17NO3/c1-11(2)20-16(19)15(18)17-10-13-8-5-7-12-6-3-4-9-14(12)13/h3-9,11H,10H2,1-2H3,(H,17,18). The minimum Gasteiger partial charge on any atom is -0.456 e. The number of benzene rings is 2. The summed E-state index contributed by atoms with van der Waals surface area (Å²) in [6, 6.07) is 13.8. The molecule has 0 fully saturated rings. The largest absolute Gasteiger partial charge is 0.456 e. The second-order valence-electron chi connectivity index (χ2n) is 4.78. The van der Waals surface area contributed by atoms with Crippen LogP contribution in [-0.2, 0) is 20.9 Å². The van der Waals surface area contributed by atoms with Gasteiger partial charge in [0.25, 0.3) is 0 Å². The van der Waals surface area contributed by atoms with Gasteiger partial charge in [-0.1, -0.05) is 42.5 Å². The van der Waals surface area contributed by atoms with Crippen molar-refractivity contribution in [3.8, 4) is 0 Å². The summed E-state index contributed by atoms with van der Waals surface area (Å²) in [6.07, 6.45) is -0.300. The van der Waals surface area contributed by atoms with Gasteiger partial charge in [0.05, 0.1) is 6.10 Å². The number of esters is 1. The first kappa shape index (κ1) is 14.1. The van der Waals surface area contributed by atoms with E-state index < -0.39 is 11.9 Å². The van der Waals surface area contributed by atoms with Crippen molar-refractivity contribution in [3.05, 3.63) is 48.0 Å². The predicted molar refractivity (Wildman–Crippen MR) is 77.0 cm³/mol. The van der Waals surface area contributed by atoms with Crippen LogP contribution in [0, 0.1) is 0 Å². The molecule has 0 heterocycles. The van der Waals surface area contributed by atoms with Crippen LogP contribution in [0.4, 0.5) is 0 Å². The molecular formula is C16H17NO3. The van der Waals surface area contributed by atoms with E-state index in [-0.39, 0.29) is 6.10 Å². The number of ether oxygens (including phenoxy) is 1. The quantitative estimate of drug-likeness (QED) is 0.689. The Labute approximate surface area is 117 Å². The van der Waals surface area contributed by atoms with Gasteiger partial charge in [-0.15, -0.1) is 0 Å². The van der Waals surface area contributed by atoms with Crippen molar-refractivity contribution in [2.24, 2.45) is 0 Å². The zero-order valence-electron chi connectivity index (χ0n) is 11.6. The van der Waals surface area contributed by atoms with Crippen LogP contribution in [0.15, 0.2) is 42.5 Å². The molecule has 1 N–H and O–H groups in total. The highest BCUT2D eigenvalue weighted by molar-refractivity contribution is 6.32. The summed E-state index contributed by atoms with van der Waals surface area (Å²) in [5.74, 6) is -1.56. The van der Waals surface area contributed by atoms with Crippen molar-refractivity contribution < 1.29 is 14.3 Å². The molecule has 2 aromatic rings. The molecule has 0 spiro atoms. The Hall–Kier alpha value is -2.36. The number of carbonyl (C=O) groups excluding carboxylic acids is 2. The zero-order chi connectivity index (χ0) is 14.5. The van der Waals surface area contributed by atoms with Gasteiger partial charge in [-0.25, -0.2) is 4.79 Å². The van der Waals surface area contributed by atoms with Crippen LogP contribution in [0.1, 0.15) is 19.4 Å². The van der Waals surface area contributed by atoms with Crippen LogP contribution in [0.5, 0.6) is 0 Å². The molecule has 2 aromatic carbocycles. The lowest BCUT2D eigenvalue weighted by molar-refractivity contribution is -0.157. The first-order valence-electron chi connectivity index (χ1n) is 6.53. The Kier molecular flexibility index (Phi) is 4.35. The Morgan fingerprint density at radius 2 is 1.80 bits per heavy atom. The summed E-state index contributed by atoms with van der Waals surface area (Å²) in [7, 11) is 0. The molecule has 0 saturated heterocycles. The molecule has 0 saturated carbocycles. The van der Waals surface area contributed by atoms with E-state index in [4.69, 9.17) is 4.74 Å². The number of amides is 1. The van der Waals surface area contributed by atoms with Gasteiger partial charge in [0, 0.05) is 6.54 Å². The molecular weight excluding hydrogens is 254 g/mol. The summed E-state index contributed by atoms with van der Waals surface area (Å²) >= 11 is 0. The van der Waals surface area contributed by atoms with Crippen LogP contribution in [0.3, 0.4) is 0 Å². The van der Waals surface area contributed by atoms with Crippen LogP contribution in [0.2, 0.25) is 0 Å². The molecule has 4 heteroatoms. The summed E-state index contributed by atoms with van der Waals surface area (Å²) in [4.78, 5) is 23.0. The summed E-state index contributed by atoms with van der Waals surface area (Å²) in [5, 5.41) is 4.75. The monoisotopic (exact) mass is 271 g/mol. The molecule has 104 valence electrons. The predicted octanol–water partition coefficient (Wildman–Crippen LogP) is 2.41. The number of hydrogen-bond acceptors (Lipinski definition) is 3. The third-order valence-corrected chi connectivity index (χ3v) is 2.85. The zero-order valence-corrected chi connectivity index (χ0v) is 11.6. The Morgan fingerprint density at radius 3 is 2.55 bits per heavy atom. The van der Waals surface area contributed by atoms with E-state index in [1.54, 1.807) is 13.8 Å². The average molecular weight is 271 g/mol. The van der Waals surface area contributed by atoms with Crippen LogP contribution in [0.25, 0.3) is 10.8 Å². The topological polar surface area (TPSA) is 55.4 Å². The molecule has 0 aliphatic rings. The van der Waals surface area contributed by atoms with Crippen molar-refractivity contribution in [2.45, 2.75) is 26.5 Å². The molecule has 4 nitrogen and oxygen atoms in total. The van der Waals surface area contributed by atoms with Gasteiger partial charge in [0.15, 0.2) is 0 Å². The highest BCUT2D eigenvalue weighted by Crippen LogP contribution is 2.18. The van der Waals surface area contributed by atoms with Crippen LogP contribution in [-0.4, -0.2) is 18.0 Å². The van der Waals surface area contributed by atoms with E-state index in [0.29, 0.717) is 6.54 Å². The van der Waals surface area contributed by atoms with Crippen LogP contribution < -0.4 is 5.32 Å². The molecule has 0 unspecified atom stereocenters. The van der Waals surface area contributed by atoms with Gasteiger partial charge >= 0.3 is 11.9 Å². The lowest BCUT2D eigenvalue weighted by Gasteiger charge is -2.09. The smallest absolute Gasteiger partial charge is 0.397 e. The van der Waals surface area contributed by atoms with E-state index in [9.17, 15) is 9.59 Å². The van der Waals surface area contributed by atoms with Crippen molar-refractivity contribution in [2.75, 3.05) is 0 Å². The molecule has 2 rings (SSSR count). The molecule has 1 amide bonds. The second kappa shape index (κ2) is 6.19. The minimum absolute atomic E-state index is 0.299. The molecule has 0 atom stereocenters. The number of hydrogen-bond donors (Lipinski definition) is 1. The summed E-state index contributed by atoms with van der Waals surface area (Å²) < 4.78 is 4.84. The van der Waals surface area contributed by atoms with Gasteiger partial charge in [-0.05, 0) is 30.2 Å². The fraction of sp³-hybridized carbons (Fsp3) is 0.250. The van der Waals surface area contributed by atoms with Crippen molar-refractivity contribution in [1.29, 1.82) is 0 Å². The highest BCUT2D eigenvalue weighted by Gasteiger charge is 2.16. The Balaban J connectivity index is 2.06. The Bertz CT molecular complexity index is 629. The fourth-order valence-electron chi connectivity index (χ4n) is 1.96. The fourth-order valence-corrected chi connectivity index (χ4v) is 1.96. The third-order valence-electron chi connectivity index (χ3n) is 2.85. The summed E-state index contributed by atoms with van der Waals surface area (Å²) in [5.41, 5.74) is 0.966. The molecule has 20 heavy (non-hydrogen) atoms. The normalized spacial score (nSPS) is 10.6. The maximum Gasteiger partial charge on any atom is 0.397 e. The first-order valence-corrected chi connectivity index (χ1v) is 6.53. The maximum absolute atomic E-state index is 11.6. The SMILES string of the molecule is CC(C)OC(=O)C(=O)NCc1cccc2ccccc12. The number of rotatable bonds is 3. The van der Waals surface area contributed by atoms with Gasteiger partial charge in [-0.3, -0.25) is 4.79 Å². The van der Waals surface area contributed by atoms with Crippen molar-refractivity contribution in [3.63, 3.8) is 0 Å². The highest BCUT2D eigenvalue weighted by atomic mass is 16.5. The van der Waals surface area contributed by atoms with E-state index in [1.165, 1.54) is 0 Å². The van der Waals surface area contributed by atoms with Gasteiger partial charge < -0.3 is 10.1 Å². The third kappa shape index (κ3) is 3.35. The molecule has 0 radical (unpaired) electrons. The lowest BCUT2D eigenvalue weighted by atomic mass is 10.0. The van der Waals surface area contributed by atoms with Gasteiger partial charge in [0.2, 0.25) is 0 Å². The van der Waals surface area contributed by atoms with Crippen molar-refractivity contribution in [1.82, 2.24) is 5.32 Å². The van der Waals surface area contributed by atoms with Crippen LogP contribution >= 0.6 is 0 Å². The van der Waals surface area contributed by atoms with E-state index in [2.05, 4.69) is 5.32 Å². The lowest BCUT2D eigenvalue weighted by Crippen LogP contribution is -2.33. The first-order chi connectivity index (χ1) is 9.58. The van der Waals surface area contributed by atoms with E-state index >= 15 is 0 Å². The van der Waals surface area contributed by atoms with Gasteiger partial charge in [-0.2, -0.15) is 0 Å². The molecule has 0 bridgehead atoms. The maximum atomic E-state index is 11.6. The number of fused-ring (bicyclic) bond motifs is 1. The minimum atomic E-state index is -0.847.